The van der Waals surface area contributed by atoms with E-state index < -0.39 is 0 Å². The largest absolute Gasteiger partial charge is 0.497 e. The minimum atomic E-state index is 0.0538. The van der Waals surface area contributed by atoms with E-state index in [1.807, 2.05) is 13.8 Å². The van der Waals surface area contributed by atoms with Crippen LogP contribution in [0, 0.1) is 11.8 Å². The van der Waals surface area contributed by atoms with E-state index >= 15 is 0 Å². The fraction of sp³-hybridized carbons (Fsp3) is 0.769. The van der Waals surface area contributed by atoms with Crippen molar-refractivity contribution >= 4 is 5.78 Å². The highest BCUT2D eigenvalue weighted by atomic mass is 16.5. The van der Waals surface area contributed by atoms with E-state index in [2.05, 4.69) is 0 Å². The van der Waals surface area contributed by atoms with Crippen molar-refractivity contribution in [3.05, 3.63) is 11.8 Å². The second-order valence-corrected chi connectivity index (χ2v) is 4.95. The summed E-state index contributed by atoms with van der Waals surface area (Å²) >= 11 is 0. The summed E-state index contributed by atoms with van der Waals surface area (Å²) in [6.45, 7) is 3.86. The first-order valence-corrected chi connectivity index (χ1v) is 6.06. The predicted molar refractivity (Wildman–Crippen MR) is 59.4 cm³/mol. The first-order valence-electron chi connectivity index (χ1n) is 6.06. The molecular weight excluding hydrogens is 188 g/mol. The molecule has 1 heterocycles. The topological polar surface area (TPSA) is 26.3 Å². The van der Waals surface area contributed by atoms with Crippen LogP contribution in [0.5, 0.6) is 0 Å². The third-order valence-corrected chi connectivity index (χ3v) is 3.81. The zero-order chi connectivity index (χ0) is 10.8. The summed E-state index contributed by atoms with van der Waals surface area (Å²) in [5, 5.41) is 0. The smallest absolute Gasteiger partial charge is 0.168 e. The lowest BCUT2D eigenvalue weighted by molar-refractivity contribution is -0.126. The van der Waals surface area contributed by atoms with Gasteiger partial charge in [-0.05, 0) is 25.7 Å². The molecule has 0 N–H and O–H groups in total. The van der Waals surface area contributed by atoms with Crippen molar-refractivity contribution in [2.24, 2.45) is 11.8 Å². The highest BCUT2D eigenvalue weighted by Gasteiger charge is 2.35. The molecule has 0 saturated heterocycles. The first-order chi connectivity index (χ1) is 7.20. The van der Waals surface area contributed by atoms with E-state index in [1.54, 1.807) is 6.26 Å². The van der Waals surface area contributed by atoms with Crippen molar-refractivity contribution in [3.63, 3.8) is 0 Å². The molecule has 2 unspecified atom stereocenters. The van der Waals surface area contributed by atoms with Gasteiger partial charge in [0.1, 0.15) is 6.10 Å². The number of rotatable bonds is 1. The molecule has 0 radical (unpaired) electrons. The second-order valence-electron chi connectivity index (χ2n) is 4.95. The van der Waals surface area contributed by atoms with Gasteiger partial charge in [0.25, 0.3) is 0 Å². The zero-order valence-corrected chi connectivity index (χ0v) is 9.66. The minimum Gasteiger partial charge on any atom is -0.497 e. The maximum absolute atomic E-state index is 11.8. The van der Waals surface area contributed by atoms with Crippen LogP contribution in [-0.2, 0) is 9.53 Å². The standard InChI is InChI=1S/C13H20O2/c1-9-8-15-13(10(2)12(9)14)11-6-4-3-5-7-11/h8,10-11,13H,3-7H2,1-2H3. The predicted octanol–water partition coefficient (Wildman–Crippen LogP) is 3.07. The Hall–Kier alpha value is -0.790. The van der Waals surface area contributed by atoms with Crippen molar-refractivity contribution in [3.8, 4) is 0 Å². The average molecular weight is 208 g/mol. The Kier molecular flexibility index (Phi) is 3.13. The highest BCUT2D eigenvalue weighted by molar-refractivity contribution is 5.97. The summed E-state index contributed by atoms with van der Waals surface area (Å²) in [7, 11) is 0. The molecule has 1 fully saturated rings. The van der Waals surface area contributed by atoms with E-state index in [-0.39, 0.29) is 17.8 Å². The van der Waals surface area contributed by atoms with Crippen molar-refractivity contribution < 1.29 is 9.53 Å². The highest BCUT2D eigenvalue weighted by Crippen LogP contribution is 2.34. The average Bonchev–Trinajstić information content (AvgIpc) is 2.27. The van der Waals surface area contributed by atoms with E-state index in [4.69, 9.17) is 4.74 Å². The van der Waals surface area contributed by atoms with Gasteiger partial charge in [-0.3, -0.25) is 4.79 Å². The summed E-state index contributed by atoms with van der Waals surface area (Å²) < 4.78 is 5.73. The Morgan fingerprint density at radius 1 is 1.27 bits per heavy atom. The van der Waals surface area contributed by atoms with Crippen molar-refractivity contribution in [1.29, 1.82) is 0 Å². The van der Waals surface area contributed by atoms with E-state index in [1.165, 1.54) is 32.1 Å². The Balaban J connectivity index is 2.06. The van der Waals surface area contributed by atoms with Gasteiger partial charge in [-0.25, -0.2) is 0 Å². The molecule has 1 aliphatic heterocycles. The van der Waals surface area contributed by atoms with E-state index in [9.17, 15) is 4.79 Å². The molecule has 2 heteroatoms. The van der Waals surface area contributed by atoms with Crippen molar-refractivity contribution in [2.75, 3.05) is 0 Å². The van der Waals surface area contributed by atoms with Gasteiger partial charge in [0.2, 0.25) is 0 Å². The maximum Gasteiger partial charge on any atom is 0.168 e. The minimum absolute atomic E-state index is 0.0538. The van der Waals surface area contributed by atoms with Gasteiger partial charge in [0.15, 0.2) is 5.78 Å². The summed E-state index contributed by atoms with van der Waals surface area (Å²) in [5.41, 5.74) is 0.773. The Morgan fingerprint density at radius 3 is 2.60 bits per heavy atom. The molecule has 0 spiro atoms. The lowest BCUT2D eigenvalue weighted by Gasteiger charge is -2.35. The molecule has 2 nitrogen and oxygen atoms in total. The molecule has 1 saturated carbocycles. The van der Waals surface area contributed by atoms with Crippen LogP contribution >= 0.6 is 0 Å². The Morgan fingerprint density at radius 2 is 1.93 bits per heavy atom. The number of carbonyl (C=O) groups excluding carboxylic acids is 1. The molecule has 1 aliphatic carbocycles. The molecule has 0 amide bonds. The third kappa shape index (κ3) is 2.09. The maximum atomic E-state index is 11.8. The lowest BCUT2D eigenvalue weighted by Crippen LogP contribution is -2.38. The number of allylic oxidation sites excluding steroid dienone is 1. The summed E-state index contributed by atoms with van der Waals surface area (Å²) in [6.07, 6.45) is 8.22. The van der Waals surface area contributed by atoms with Gasteiger partial charge in [-0.2, -0.15) is 0 Å². The molecular formula is C13H20O2. The fourth-order valence-electron chi connectivity index (χ4n) is 2.85. The second kappa shape index (κ2) is 4.38. The zero-order valence-electron chi connectivity index (χ0n) is 9.66. The van der Waals surface area contributed by atoms with E-state index in [0.717, 1.165) is 5.57 Å². The van der Waals surface area contributed by atoms with Crippen LogP contribution in [0.15, 0.2) is 11.8 Å². The Labute approximate surface area is 91.7 Å². The number of hydrogen-bond acceptors (Lipinski definition) is 2. The number of ether oxygens (including phenoxy) is 1. The van der Waals surface area contributed by atoms with Crippen LogP contribution in [-0.4, -0.2) is 11.9 Å². The molecule has 2 atom stereocenters. The Bertz CT molecular complexity index is 274. The van der Waals surface area contributed by atoms with Gasteiger partial charge in [0, 0.05) is 5.57 Å². The molecule has 84 valence electrons. The summed E-state index contributed by atoms with van der Waals surface area (Å²) in [4.78, 5) is 11.8. The normalized spacial score (nSPS) is 33.5. The first kappa shape index (κ1) is 10.7. The van der Waals surface area contributed by atoms with Crippen LogP contribution in [0.3, 0.4) is 0 Å². The number of hydrogen-bond donors (Lipinski definition) is 0. The van der Waals surface area contributed by atoms with Crippen molar-refractivity contribution in [2.45, 2.75) is 52.1 Å². The molecule has 0 bridgehead atoms. The number of Topliss-reactive ketones (excluding diaryl/α,β-unsaturated/α-hetero) is 1. The molecule has 2 rings (SSSR count). The lowest BCUT2D eigenvalue weighted by atomic mass is 9.78. The molecule has 0 aromatic carbocycles. The van der Waals surface area contributed by atoms with Crippen LogP contribution in [0.25, 0.3) is 0 Å². The van der Waals surface area contributed by atoms with Crippen LogP contribution in [0.4, 0.5) is 0 Å². The van der Waals surface area contributed by atoms with Gasteiger partial charge in [0.05, 0.1) is 12.2 Å². The number of carbonyl (C=O) groups is 1. The third-order valence-electron chi connectivity index (χ3n) is 3.81. The molecule has 0 aromatic heterocycles. The molecule has 15 heavy (non-hydrogen) atoms. The summed E-state index contributed by atoms with van der Waals surface area (Å²) in [6, 6.07) is 0. The quantitative estimate of drug-likeness (QED) is 0.662. The van der Waals surface area contributed by atoms with Crippen LogP contribution < -0.4 is 0 Å². The van der Waals surface area contributed by atoms with Gasteiger partial charge < -0.3 is 4.74 Å². The van der Waals surface area contributed by atoms with E-state index in [0.29, 0.717) is 5.92 Å². The molecule has 0 aromatic rings. The van der Waals surface area contributed by atoms with Crippen LogP contribution in [0.1, 0.15) is 46.0 Å². The van der Waals surface area contributed by atoms with Gasteiger partial charge >= 0.3 is 0 Å². The fourth-order valence-corrected chi connectivity index (χ4v) is 2.85. The summed E-state index contributed by atoms with van der Waals surface area (Å²) in [5.74, 6) is 0.928. The van der Waals surface area contributed by atoms with Gasteiger partial charge in [-0.1, -0.05) is 26.2 Å². The van der Waals surface area contributed by atoms with Crippen molar-refractivity contribution in [1.82, 2.24) is 0 Å². The SMILES string of the molecule is CC1=COC(C2CCCCC2)C(C)C1=O. The molecule has 2 aliphatic rings. The van der Waals surface area contributed by atoms with Crippen LogP contribution in [0.2, 0.25) is 0 Å². The monoisotopic (exact) mass is 208 g/mol. The number of ketones is 1. The van der Waals surface area contributed by atoms with Gasteiger partial charge in [-0.15, -0.1) is 0 Å².